The molecule has 1 saturated heterocycles. The zero-order valence-corrected chi connectivity index (χ0v) is 19.6. The molecule has 33 heavy (non-hydrogen) atoms. The lowest BCUT2D eigenvalue weighted by Crippen LogP contribution is -2.48. The lowest BCUT2D eigenvalue weighted by Gasteiger charge is -2.36. The number of anilines is 1. The average molecular weight is 460 g/mol. The molecular weight excluding hydrogens is 426 g/mol. The van der Waals surface area contributed by atoms with Crippen LogP contribution in [0.25, 0.3) is 0 Å². The molecule has 1 amide bonds. The number of ketones is 2. The Bertz CT molecular complexity index is 892. The molecule has 1 aromatic rings. The highest BCUT2D eigenvalue weighted by molar-refractivity contribution is 6.05. The van der Waals surface area contributed by atoms with Crippen LogP contribution in [0.2, 0.25) is 0 Å². The van der Waals surface area contributed by atoms with E-state index in [0.717, 1.165) is 6.42 Å². The topological polar surface area (TPSA) is 115 Å². The van der Waals surface area contributed by atoms with Crippen molar-refractivity contribution < 1.29 is 29.1 Å². The van der Waals surface area contributed by atoms with Crippen molar-refractivity contribution in [3.05, 3.63) is 29.3 Å². The van der Waals surface area contributed by atoms with E-state index in [9.17, 15) is 24.0 Å². The van der Waals surface area contributed by atoms with E-state index in [2.05, 4.69) is 0 Å². The van der Waals surface area contributed by atoms with Gasteiger partial charge in [0.1, 0.15) is 5.78 Å². The SMILES string of the molecule is CCCC(=O)CCC(C(C)=O)N(C)C(=O)c1cccc(N2CCN(CC(=O)O)CC2)c1C=O. The number of hydrogen-bond donors (Lipinski definition) is 1. The van der Waals surface area contributed by atoms with E-state index in [1.807, 2.05) is 16.7 Å². The molecule has 0 spiro atoms. The first kappa shape index (κ1) is 26.2. The maximum Gasteiger partial charge on any atom is 0.317 e. The van der Waals surface area contributed by atoms with Gasteiger partial charge in [0.2, 0.25) is 0 Å². The Morgan fingerprint density at radius 1 is 1.12 bits per heavy atom. The number of carbonyl (C=O) groups excluding carboxylic acids is 4. The smallest absolute Gasteiger partial charge is 0.317 e. The van der Waals surface area contributed by atoms with E-state index in [1.54, 1.807) is 18.2 Å². The number of carboxylic acids is 1. The summed E-state index contributed by atoms with van der Waals surface area (Å²) in [6.45, 7) is 5.38. The van der Waals surface area contributed by atoms with Gasteiger partial charge in [0.05, 0.1) is 23.7 Å². The molecule has 0 radical (unpaired) electrons. The Kier molecular flexibility index (Phi) is 9.72. The number of hydrogen-bond acceptors (Lipinski definition) is 7. The predicted molar refractivity (Wildman–Crippen MR) is 124 cm³/mol. The van der Waals surface area contributed by atoms with Crippen LogP contribution in [0.5, 0.6) is 0 Å². The van der Waals surface area contributed by atoms with Crippen molar-refractivity contribution in [3.63, 3.8) is 0 Å². The third-order valence-electron chi connectivity index (χ3n) is 5.99. The van der Waals surface area contributed by atoms with Gasteiger partial charge >= 0.3 is 5.97 Å². The standard InChI is InChI=1S/C24H33N3O6/c1-4-6-18(30)9-10-21(17(2)29)25(3)24(33)19-7-5-8-22(20(19)16-28)27-13-11-26(12-14-27)15-23(31)32/h5,7-8,16,21H,4,6,9-15H2,1-3H3,(H,31,32). The first-order valence-electron chi connectivity index (χ1n) is 11.3. The first-order chi connectivity index (χ1) is 15.7. The minimum Gasteiger partial charge on any atom is -0.480 e. The quantitative estimate of drug-likeness (QED) is 0.471. The number of benzene rings is 1. The van der Waals surface area contributed by atoms with Gasteiger partial charge in [-0.25, -0.2) is 0 Å². The molecule has 1 heterocycles. The highest BCUT2D eigenvalue weighted by atomic mass is 16.4. The number of piperazine rings is 1. The number of nitrogens with zero attached hydrogens (tertiary/aromatic N) is 3. The predicted octanol–water partition coefficient (Wildman–Crippen LogP) is 1.88. The number of Topliss-reactive ketones (excluding diaryl/α,β-unsaturated/α-hetero) is 2. The largest absolute Gasteiger partial charge is 0.480 e. The van der Waals surface area contributed by atoms with Gasteiger partial charge in [-0.15, -0.1) is 0 Å². The van der Waals surface area contributed by atoms with Crippen LogP contribution in [0.15, 0.2) is 18.2 Å². The van der Waals surface area contributed by atoms with Crippen molar-refractivity contribution in [1.29, 1.82) is 0 Å². The molecule has 1 unspecified atom stereocenters. The van der Waals surface area contributed by atoms with E-state index < -0.39 is 17.9 Å². The molecule has 9 heteroatoms. The van der Waals surface area contributed by atoms with Gasteiger partial charge in [0.25, 0.3) is 5.91 Å². The molecule has 1 aliphatic heterocycles. The summed E-state index contributed by atoms with van der Waals surface area (Å²) >= 11 is 0. The van der Waals surface area contributed by atoms with E-state index >= 15 is 0 Å². The van der Waals surface area contributed by atoms with Crippen molar-refractivity contribution in [2.45, 2.75) is 45.6 Å². The van der Waals surface area contributed by atoms with Crippen molar-refractivity contribution in [3.8, 4) is 0 Å². The van der Waals surface area contributed by atoms with Crippen LogP contribution in [0.1, 0.15) is 60.2 Å². The maximum atomic E-state index is 13.3. The van der Waals surface area contributed by atoms with E-state index in [4.69, 9.17) is 5.11 Å². The molecule has 1 fully saturated rings. The molecule has 180 valence electrons. The number of rotatable bonds is 12. The Morgan fingerprint density at radius 2 is 1.79 bits per heavy atom. The van der Waals surface area contributed by atoms with Crippen LogP contribution in [0, 0.1) is 0 Å². The van der Waals surface area contributed by atoms with Crippen LogP contribution in [-0.4, -0.2) is 90.4 Å². The summed E-state index contributed by atoms with van der Waals surface area (Å²) in [4.78, 5) is 65.5. The number of carboxylic acid groups (broad SMARTS) is 1. The Hall–Kier alpha value is -3.07. The van der Waals surface area contributed by atoms with Crippen LogP contribution < -0.4 is 4.90 Å². The summed E-state index contributed by atoms with van der Waals surface area (Å²) in [6, 6.07) is 4.27. The summed E-state index contributed by atoms with van der Waals surface area (Å²) in [5, 5.41) is 8.97. The van der Waals surface area contributed by atoms with E-state index in [1.165, 1.54) is 18.9 Å². The van der Waals surface area contributed by atoms with Gasteiger partial charge in [0.15, 0.2) is 12.1 Å². The summed E-state index contributed by atoms with van der Waals surface area (Å²) < 4.78 is 0. The highest BCUT2D eigenvalue weighted by Gasteiger charge is 2.29. The Labute approximate surface area is 194 Å². The van der Waals surface area contributed by atoms with Crippen LogP contribution in [0.3, 0.4) is 0 Å². The van der Waals surface area contributed by atoms with Crippen molar-refractivity contribution in [1.82, 2.24) is 9.80 Å². The minimum absolute atomic E-state index is 0.0368. The number of aldehydes is 1. The Morgan fingerprint density at radius 3 is 2.33 bits per heavy atom. The molecule has 2 rings (SSSR count). The molecule has 1 aliphatic rings. The third kappa shape index (κ3) is 6.95. The summed E-state index contributed by atoms with van der Waals surface area (Å²) in [5.74, 6) is -1.49. The van der Waals surface area contributed by atoms with Crippen LogP contribution >= 0.6 is 0 Å². The maximum absolute atomic E-state index is 13.3. The molecule has 0 bridgehead atoms. The number of aliphatic carboxylic acids is 1. The second-order valence-corrected chi connectivity index (χ2v) is 8.38. The fraction of sp³-hybridized carbons (Fsp3) is 0.542. The van der Waals surface area contributed by atoms with E-state index in [-0.39, 0.29) is 42.1 Å². The van der Waals surface area contributed by atoms with Gasteiger partial charge in [-0.1, -0.05) is 13.0 Å². The van der Waals surface area contributed by atoms with Crippen LogP contribution in [-0.2, 0) is 14.4 Å². The Balaban J connectivity index is 2.21. The highest BCUT2D eigenvalue weighted by Crippen LogP contribution is 2.26. The zero-order valence-electron chi connectivity index (χ0n) is 19.6. The third-order valence-corrected chi connectivity index (χ3v) is 5.99. The molecule has 1 N–H and O–H groups in total. The van der Waals surface area contributed by atoms with Crippen molar-refractivity contribution in [2.24, 2.45) is 0 Å². The number of carbonyl (C=O) groups is 5. The van der Waals surface area contributed by atoms with E-state index in [0.29, 0.717) is 44.6 Å². The summed E-state index contributed by atoms with van der Waals surface area (Å²) in [5.41, 5.74) is 1.05. The normalized spacial score (nSPS) is 15.1. The first-order valence-corrected chi connectivity index (χ1v) is 11.3. The number of likely N-dealkylation sites (N-methyl/N-ethyl adjacent to an activating group) is 1. The molecule has 0 saturated carbocycles. The fourth-order valence-electron chi connectivity index (χ4n) is 4.18. The average Bonchev–Trinajstić information content (AvgIpc) is 2.78. The lowest BCUT2D eigenvalue weighted by atomic mass is 9.99. The second kappa shape index (κ2) is 12.2. The molecule has 0 aromatic heterocycles. The lowest BCUT2D eigenvalue weighted by molar-refractivity contribution is -0.138. The summed E-state index contributed by atoms with van der Waals surface area (Å²) in [6.07, 6.45) is 2.29. The molecule has 1 atom stereocenters. The summed E-state index contributed by atoms with van der Waals surface area (Å²) in [7, 11) is 1.52. The minimum atomic E-state index is -0.885. The van der Waals surface area contributed by atoms with Gasteiger partial charge in [-0.05, 0) is 31.9 Å². The van der Waals surface area contributed by atoms with Gasteiger partial charge < -0.3 is 14.9 Å². The van der Waals surface area contributed by atoms with Crippen molar-refractivity contribution in [2.75, 3.05) is 44.7 Å². The second-order valence-electron chi connectivity index (χ2n) is 8.38. The molecular formula is C24H33N3O6. The zero-order chi connectivity index (χ0) is 24.5. The number of amides is 1. The van der Waals surface area contributed by atoms with Crippen molar-refractivity contribution >= 4 is 35.4 Å². The fourth-order valence-corrected chi connectivity index (χ4v) is 4.18. The molecule has 9 nitrogen and oxygen atoms in total. The van der Waals surface area contributed by atoms with Gasteiger partial charge in [-0.3, -0.25) is 28.9 Å². The monoisotopic (exact) mass is 459 g/mol. The van der Waals surface area contributed by atoms with Crippen LogP contribution in [0.4, 0.5) is 5.69 Å². The van der Waals surface area contributed by atoms with Gasteiger partial charge in [0, 0.05) is 51.8 Å². The van der Waals surface area contributed by atoms with Gasteiger partial charge in [-0.2, -0.15) is 0 Å². The molecule has 1 aromatic carbocycles. The molecule has 0 aliphatic carbocycles.